The van der Waals surface area contributed by atoms with Gasteiger partial charge in [-0.05, 0) is 36.3 Å². The summed E-state index contributed by atoms with van der Waals surface area (Å²) in [6, 6.07) is 8.80. The number of carbonyl (C=O) groups is 1. The molecule has 2 aliphatic rings. The van der Waals surface area contributed by atoms with Gasteiger partial charge in [-0.3, -0.25) is 14.4 Å². The number of aromatic nitrogens is 2. The van der Waals surface area contributed by atoms with Crippen molar-refractivity contribution in [2.24, 2.45) is 18.7 Å². The van der Waals surface area contributed by atoms with Crippen LogP contribution < -0.4 is 11.1 Å². The number of benzene rings is 1. The molecule has 2 aromatic rings. The van der Waals surface area contributed by atoms with E-state index in [2.05, 4.69) is 39.6 Å². The van der Waals surface area contributed by atoms with Crippen LogP contribution in [0.4, 0.5) is 0 Å². The molecule has 1 aliphatic carbocycles. The van der Waals surface area contributed by atoms with Gasteiger partial charge in [-0.2, -0.15) is 5.10 Å². The molecule has 1 saturated heterocycles. The SMILES string of the molecule is Cn1cc(CN2CCC(N)C2)c(C(=O)NCC2Cc3ccccc3C2)n1. The number of likely N-dealkylation sites (tertiary alicyclic amines) is 1. The molecule has 1 fully saturated rings. The van der Waals surface area contributed by atoms with E-state index in [0.717, 1.165) is 44.5 Å². The molecule has 6 nitrogen and oxygen atoms in total. The minimum atomic E-state index is -0.0694. The molecule has 1 aliphatic heterocycles. The van der Waals surface area contributed by atoms with Gasteiger partial charge in [0.15, 0.2) is 5.69 Å². The lowest BCUT2D eigenvalue weighted by molar-refractivity contribution is 0.0940. The molecule has 6 heteroatoms. The van der Waals surface area contributed by atoms with Crippen LogP contribution in [0.1, 0.15) is 33.6 Å². The van der Waals surface area contributed by atoms with Gasteiger partial charge in [-0.25, -0.2) is 0 Å². The molecule has 1 aromatic heterocycles. The third-order valence-corrected chi connectivity index (χ3v) is 5.51. The Labute approximate surface area is 154 Å². The molecular weight excluding hydrogens is 326 g/mol. The summed E-state index contributed by atoms with van der Waals surface area (Å²) in [7, 11) is 1.86. The van der Waals surface area contributed by atoms with E-state index in [1.165, 1.54) is 11.1 Å². The zero-order valence-corrected chi connectivity index (χ0v) is 15.3. The minimum Gasteiger partial charge on any atom is -0.350 e. The number of aryl methyl sites for hydroxylation is 1. The first-order valence-corrected chi connectivity index (χ1v) is 9.44. The lowest BCUT2D eigenvalue weighted by Crippen LogP contribution is -2.31. The predicted molar refractivity (Wildman–Crippen MR) is 101 cm³/mol. The van der Waals surface area contributed by atoms with Crippen LogP contribution in [0.3, 0.4) is 0 Å². The molecule has 1 unspecified atom stereocenters. The number of rotatable bonds is 5. The number of carbonyl (C=O) groups excluding carboxylic acids is 1. The molecule has 0 saturated carbocycles. The van der Waals surface area contributed by atoms with Crippen LogP contribution in [0.5, 0.6) is 0 Å². The third kappa shape index (κ3) is 3.66. The second kappa shape index (κ2) is 7.21. The lowest BCUT2D eigenvalue weighted by atomic mass is 10.1. The monoisotopic (exact) mass is 353 g/mol. The molecular formula is C20H27N5O. The highest BCUT2D eigenvalue weighted by Crippen LogP contribution is 2.26. The van der Waals surface area contributed by atoms with E-state index in [-0.39, 0.29) is 11.9 Å². The molecule has 1 atom stereocenters. The summed E-state index contributed by atoms with van der Waals surface area (Å²) in [5.41, 5.74) is 10.3. The highest BCUT2D eigenvalue weighted by Gasteiger charge is 2.25. The first-order chi connectivity index (χ1) is 12.6. The van der Waals surface area contributed by atoms with Gasteiger partial charge < -0.3 is 11.1 Å². The van der Waals surface area contributed by atoms with E-state index in [0.29, 0.717) is 18.2 Å². The Balaban J connectivity index is 1.36. The lowest BCUT2D eigenvalue weighted by Gasteiger charge is -2.15. The maximum atomic E-state index is 12.7. The van der Waals surface area contributed by atoms with Gasteiger partial charge in [0.2, 0.25) is 0 Å². The fourth-order valence-corrected chi connectivity index (χ4v) is 4.21. The molecule has 1 aromatic carbocycles. The average molecular weight is 353 g/mol. The van der Waals surface area contributed by atoms with Crippen LogP contribution in [0.25, 0.3) is 0 Å². The molecule has 0 spiro atoms. The largest absolute Gasteiger partial charge is 0.350 e. The number of fused-ring (bicyclic) bond motifs is 1. The Morgan fingerprint density at radius 2 is 2.04 bits per heavy atom. The van der Waals surface area contributed by atoms with E-state index in [9.17, 15) is 4.79 Å². The van der Waals surface area contributed by atoms with Crippen LogP contribution in [-0.2, 0) is 26.4 Å². The Hall–Kier alpha value is -2.18. The van der Waals surface area contributed by atoms with Crippen molar-refractivity contribution in [2.75, 3.05) is 19.6 Å². The van der Waals surface area contributed by atoms with Gasteiger partial charge in [0.05, 0.1) is 0 Å². The Morgan fingerprint density at radius 3 is 2.69 bits per heavy atom. The Bertz CT molecular complexity index is 774. The van der Waals surface area contributed by atoms with Crippen molar-refractivity contribution in [3.8, 4) is 0 Å². The van der Waals surface area contributed by atoms with Gasteiger partial charge in [0.1, 0.15) is 0 Å². The molecule has 138 valence electrons. The summed E-state index contributed by atoms with van der Waals surface area (Å²) in [6.45, 7) is 3.30. The summed E-state index contributed by atoms with van der Waals surface area (Å²) in [5.74, 6) is 0.403. The van der Waals surface area contributed by atoms with Gasteiger partial charge >= 0.3 is 0 Å². The molecule has 3 N–H and O–H groups in total. The molecule has 2 heterocycles. The summed E-state index contributed by atoms with van der Waals surface area (Å²) in [6.07, 6.45) is 5.04. The Kier molecular flexibility index (Phi) is 4.78. The zero-order chi connectivity index (χ0) is 18.1. The molecule has 0 bridgehead atoms. The topological polar surface area (TPSA) is 76.2 Å². The van der Waals surface area contributed by atoms with Crippen molar-refractivity contribution < 1.29 is 4.79 Å². The van der Waals surface area contributed by atoms with Crippen molar-refractivity contribution >= 4 is 5.91 Å². The van der Waals surface area contributed by atoms with Gasteiger partial charge in [0, 0.05) is 51.0 Å². The normalized spacial score (nSPS) is 20.5. The van der Waals surface area contributed by atoms with Crippen LogP contribution >= 0.6 is 0 Å². The standard InChI is InChI=1S/C20H27N5O/c1-24-11-17(12-25-7-6-18(21)13-25)19(23-24)20(26)22-10-14-8-15-4-2-3-5-16(15)9-14/h2-5,11,14,18H,6-10,12-13,21H2,1H3,(H,22,26). The number of nitrogens with one attached hydrogen (secondary N) is 1. The van der Waals surface area contributed by atoms with Crippen LogP contribution in [0.2, 0.25) is 0 Å². The summed E-state index contributed by atoms with van der Waals surface area (Å²) in [5, 5.41) is 7.51. The smallest absolute Gasteiger partial charge is 0.272 e. The summed E-state index contributed by atoms with van der Waals surface area (Å²) < 4.78 is 1.73. The highest BCUT2D eigenvalue weighted by atomic mass is 16.1. The molecule has 0 radical (unpaired) electrons. The number of nitrogens with zero attached hydrogens (tertiary/aromatic N) is 3. The summed E-state index contributed by atoms with van der Waals surface area (Å²) >= 11 is 0. The van der Waals surface area contributed by atoms with Crippen LogP contribution in [0.15, 0.2) is 30.5 Å². The predicted octanol–water partition coefficient (Wildman–Crippen LogP) is 1.10. The number of amides is 1. The first-order valence-electron chi connectivity index (χ1n) is 9.44. The van der Waals surface area contributed by atoms with E-state index in [1.54, 1.807) is 4.68 Å². The highest BCUT2D eigenvalue weighted by molar-refractivity contribution is 5.93. The second-order valence-electron chi connectivity index (χ2n) is 7.71. The van der Waals surface area contributed by atoms with Crippen LogP contribution in [0, 0.1) is 5.92 Å². The minimum absolute atomic E-state index is 0.0694. The van der Waals surface area contributed by atoms with Crippen molar-refractivity contribution in [2.45, 2.75) is 31.8 Å². The maximum absolute atomic E-state index is 12.7. The zero-order valence-electron chi connectivity index (χ0n) is 15.3. The van der Waals surface area contributed by atoms with Crippen molar-refractivity contribution in [1.29, 1.82) is 0 Å². The Morgan fingerprint density at radius 1 is 1.31 bits per heavy atom. The van der Waals surface area contributed by atoms with Gasteiger partial charge in [-0.15, -0.1) is 0 Å². The average Bonchev–Trinajstić information content (AvgIpc) is 3.31. The van der Waals surface area contributed by atoms with Crippen molar-refractivity contribution in [3.63, 3.8) is 0 Å². The van der Waals surface area contributed by atoms with Crippen molar-refractivity contribution in [1.82, 2.24) is 20.0 Å². The van der Waals surface area contributed by atoms with Gasteiger partial charge in [-0.1, -0.05) is 24.3 Å². The van der Waals surface area contributed by atoms with Crippen molar-refractivity contribution in [3.05, 3.63) is 52.8 Å². The maximum Gasteiger partial charge on any atom is 0.272 e. The summed E-state index contributed by atoms with van der Waals surface area (Å²) in [4.78, 5) is 15.0. The third-order valence-electron chi connectivity index (χ3n) is 5.51. The van der Waals surface area contributed by atoms with E-state index in [4.69, 9.17) is 5.73 Å². The van der Waals surface area contributed by atoms with E-state index >= 15 is 0 Å². The molecule has 26 heavy (non-hydrogen) atoms. The van der Waals surface area contributed by atoms with Gasteiger partial charge in [0.25, 0.3) is 5.91 Å². The molecule has 1 amide bonds. The van der Waals surface area contributed by atoms with Crippen LogP contribution in [-0.4, -0.2) is 46.3 Å². The quantitative estimate of drug-likeness (QED) is 0.844. The fourth-order valence-electron chi connectivity index (χ4n) is 4.21. The molecule has 4 rings (SSSR count). The van der Waals surface area contributed by atoms with E-state index < -0.39 is 0 Å². The first kappa shape index (κ1) is 17.2. The second-order valence-corrected chi connectivity index (χ2v) is 7.71. The fraction of sp³-hybridized carbons (Fsp3) is 0.500. The number of hydrogen-bond donors (Lipinski definition) is 2. The van der Waals surface area contributed by atoms with E-state index in [1.807, 2.05) is 13.2 Å². The number of nitrogens with two attached hydrogens (primary N) is 1. The number of hydrogen-bond acceptors (Lipinski definition) is 4.